The smallest absolute Gasteiger partial charge is 0.0632 e. The van der Waals surface area contributed by atoms with E-state index in [1.165, 1.54) is 32.1 Å². The van der Waals surface area contributed by atoms with Crippen LogP contribution in [0, 0.1) is 5.41 Å². The number of nitrogens with one attached hydrogen (secondary N) is 1. The fourth-order valence-corrected chi connectivity index (χ4v) is 2.67. The van der Waals surface area contributed by atoms with Crippen LogP contribution >= 0.6 is 0 Å². The average molecular weight is 256 g/mol. The van der Waals surface area contributed by atoms with Gasteiger partial charge in [0.15, 0.2) is 0 Å². The molecule has 0 spiro atoms. The normalized spacial score (nSPS) is 23.5. The van der Waals surface area contributed by atoms with Gasteiger partial charge >= 0.3 is 0 Å². The van der Waals surface area contributed by atoms with Gasteiger partial charge in [-0.15, -0.1) is 0 Å². The molecule has 3 nitrogen and oxygen atoms in total. The van der Waals surface area contributed by atoms with E-state index in [4.69, 9.17) is 4.74 Å². The van der Waals surface area contributed by atoms with Crippen LogP contribution in [0.4, 0.5) is 0 Å². The zero-order chi connectivity index (χ0) is 13.6. The van der Waals surface area contributed by atoms with Crippen LogP contribution in [0.25, 0.3) is 0 Å². The quantitative estimate of drug-likeness (QED) is 0.757. The third-order valence-corrected chi connectivity index (χ3v) is 3.95. The highest BCUT2D eigenvalue weighted by molar-refractivity contribution is 4.83. The van der Waals surface area contributed by atoms with Crippen molar-refractivity contribution >= 4 is 0 Å². The van der Waals surface area contributed by atoms with Crippen molar-refractivity contribution in [2.45, 2.75) is 71.9 Å². The Morgan fingerprint density at radius 1 is 1.39 bits per heavy atom. The van der Waals surface area contributed by atoms with Gasteiger partial charge < -0.3 is 4.74 Å². The molecule has 18 heavy (non-hydrogen) atoms. The Balaban J connectivity index is 2.53. The SMILES string of the molecule is CCCC[C@@H](NN1CCC[C@H]1COC)C(C)(C)C. The second-order valence-corrected chi connectivity index (χ2v) is 6.63. The van der Waals surface area contributed by atoms with Crippen molar-refractivity contribution < 1.29 is 4.74 Å². The molecule has 1 aliphatic heterocycles. The van der Waals surface area contributed by atoms with Crippen molar-refractivity contribution in [2.75, 3.05) is 20.3 Å². The summed E-state index contributed by atoms with van der Waals surface area (Å²) < 4.78 is 5.32. The van der Waals surface area contributed by atoms with E-state index in [9.17, 15) is 0 Å². The number of unbranched alkanes of at least 4 members (excludes halogenated alkanes) is 1. The number of hydrogen-bond acceptors (Lipinski definition) is 3. The Kier molecular flexibility index (Phi) is 6.61. The van der Waals surface area contributed by atoms with Gasteiger partial charge in [-0.1, -0.05) is 40.5 Å². The third-order valence-electron chi connectivity index (χ3n) is 3.95. The molecule has 2 atom stereocenters. The molecule has 0 aromatic carbocycles. The van der Waals surface area contributed by atoms with E-state index in [1.54, 1.807) is 7.11 Å². The molecule has 3 heteroatoms. The summed E-state index contributed by atoms with van der Waals surface area (Å²) in [5, 5.41) is 2.43. The van der Waals surface area contributed by atoms with Crippen LogP contribution in [-0.4, -0.2) is 37.4 Å². The summed E-state index contributed by atoms with van der Waals surface area (Å²) in [6.45, 7) is 11.3. The van der Waals surface area contributed by atoms with Crippen LogP contribution in [0.3, 0.4) is 0 Å². The molecule has 0 radical (unpaired) electrons. The lowest BCUT2D eigenvalue weighted by atomic mass is 9.84. The molecule has 0 bridgehead atoms. The van der Waals surface area contributed by atoms with Crippen molar-refractivity contribution in [1.29, 1.82) is 0 Å². The second-order valence-electron chi connectivity index (χ2n) is 6.63. The fourth-order valence-electron chi connectivity index (χ4n) is 2.67. The van der Waals surface area contributed by atoms with Crippen molar-refractivity contribution in [3.63, 3.8) is 0 Å². The minimum absolute atomic E-state index is 0.315. The number of rotatable bonds is 7. The molecule has 0 saturated carbocycles. The topological polar surface area (TPSA) is 24.5 Å². The van der Waals surface area contributed by atoms with Gasteiger partial charge in [0.2, 0.25) is 0 Å². The van der Waals surface area contributed by atoms with Crippen LogP contribution in [0.1, 0.15) is 59.8 Å². The monoisotopic (exact) mass is 256 g/mol. The average Bonchev–Trinajstić information content (AvgIpc) is 2.71. The summed E-state index contributed by atoms with van der Waals surface area (Å²) in [6.07, 6.45) is 6.38. The van der Waals surface area contributed by atoms with Crippen molar-refractivity contribution in [1.82, 2.24) is 10.4 Å². The van der Waals surface area contributed by atoms with Gasteiger partial charge in [0.25, 0.3) is 0 Å². The first-order chi connectivity index (χ1) is 8.49. The number of hydrazine groups is 1. The Labute approximate surface area is 113 Å². The Morgan fingerprint density at radius 2 is 2.11 bits per heavy atom. The first kappa shape index (κ1) is 15.9. The highest BCUT2D eigenvalue weighted by atomic mass is 16.5. The number of methoxy groups -OCH3 is 1. The molecular formula is C15H32N2O. The maximum absolute atomic E-state index is 5.32. The van der Waals surface area contributed by atoms with Gasteiger partial charge in [0.05, 0.1) is 6.61 Å². The third kappa shape index (κ3) is 4.87. The van der Waals surface area contributed by atoms with Gasteiger partial charge in [-0.25, -0.2) is 5.01 Å². The lowest BCUT2D eigenvalue weighted by Crippen LogP contribution is -2.53. The second kappa shape index (κ2) is 7.46. The molecule has 1 saturated heterocycles. The van der Waals surface area contributed by atoms with E-state index in [0.717, 1.165) is 13.2 Å². The Bertz CT molecular complexity index is 225. The molecule has 0 unspecified atom stereocenters. The van der Waals surface area contributed by atoms with Crippen molar-refractivity contribution in [2.24, 2.45) is 5.41 Å². The molecule has 0 aliphatic carbocycles. The summed E-state index contributed by atoms with van der Waals surface area (Å²) in [6, 6.07) is 1.12. The zero-order valence-corrected chi connectivity index (χ0v) is 13.0. The molecule has 108 valence electrons. The standard InChI is InChI=1S/C15H32N2O/c1-6-7-10-14(15(2,3)4)16-17-11-8-9-13(17)12-18-5/h13-14,16H,6-12H2,1-5H3/t13-,14+/m0/s1. The molecule has 0 aromatic rings. The maximum Gasteiger partial charge on any atom is 0.0632 e. The molecule has 1 rings (SSSR count). The van der Waals surface area contributed by atoms with E-state index in [1.807, 2.05) is 0 Å². The van der Waals surface area contributed by atoms with Crippen molar-refractivity contribution in [3.05, 3.63) is 0 Å². The summed E-state index contributed by atoms with van der Waals surface area (Å²) >= 11 is 0. The van der Waals surface area contributed by atoms with E-state index in [2.05, 4.69) is 38.1 Å². The fraction of sp³-hybridized carbons (Fsp3) is 1.00. The van der Waals surface area contributed by atoms with Crippen LogP contribution in [-0.2, 0) is 4.74 Å². The van der Waals surface area contributed by atoms with Gasteiger partial charge in [-0.05, 0) is 24.7 Å². The van der Waals surface area contributed by atoms with E-state index < -0.39 is 0 Å². The van der Waals surface area contributed by atoms with Crippen LogP contribution in [0.5, 0.6) is 0 Å². The molecule has 1 heterocycles. The van der Waals surface area contributed by atoms with Crippen LogP contribution in [0.2, 0.25) is 0 Å². The predicted molar refractivity (Wildman–Crippen MR) is 77.5 cm³/mol. The summed E-state index contributed by atoms with van der Waals surface area (Å²) in [7, 11) is 1.80. The minimum atomic E-state index is 0.315. The summed E-state index contributed by atoms with van der Waals surface area (Å²) in [5.74, 6) is 0. The first-order valence-electron chi connectivity index (χ1n) is 7.50. The highest BCUT2D eigenvalue weighted by Gasteiger charge is 2.30. The zero-order valence-electron chi connectivity index (χ0n) is 13.0. The number of nitrogens with zero attached hydrogens (tertiary/aromatic N) is 1. The van der Waals surface area contributed by atoms with Gasteiger partial charge in [-0.3, -0.25) is 5.43 Å². The Hall–Kier alpha value is -0.120. The van der Waals surface area contributed by atoms with Gasteiger partial charge in [0, 0.05) is 25.7 Å². The van der Waals surface area contributed by atoms with Crippen molar-refractivity contribution in [3.8, 4) is 0 Å². The predicted octanol–water partition coefficient (Wildman–Crippen LogP) is 3.21. The molecule has 1 aliphatic rings. The summed E-state index contributed by atoms with van der Waals surface area (Å²) in [5.41, 5.74) is 4.09. The minimum Gasteiger partial charge on any atom is -0.383 e. The maximum atomic E-state index is 5.32. The van der Waals surface area contributed by atoms with E-state index in [0.29, 0.717) is 17.5 Å². The highest BCUT2D eigenvalue weighted by Crippen LogP contribution is 2.25. The number of ether oxygens (including phenoxy) is 1. The van der Waals surface area contributed by atoms with Gasteiger partial charge in [0.1, 0.15) is 0 Å². The molecule has 0 amide bonds. The lowest BCUT2D eigenvalue weighted by molar-refractivity contribution is 0.0468. The van der Waals surface area contributed by atoms with E-state index >= 15 is 0 Å². The van der Waals surface area contributed by atoms with Crippen LogP contribution < -0.4 is 5.43 Å². The summed E-state index contributed by atoms with van der Waals surface area (Å²) in [4.78, 5) is 0. The lowest BCUT2D eigenvalue weighted by Gasteiger charge is -2.37. The largest absolute Gasteiger partial charge is 0.383 e. The Morgan fingerprint density at radius 3 is 2.67 bits per heavy atom. The van der Waals surface area contributed by atoms with E-state index in [-0.39, 0.29) is 0 Å². The first-order valence-corrected chi connectivity index (χ1v) is 7.50. The molecule has 0 aromatic heterocycles. The van der Waals surface area contributed by atoms with Crippen LogP contribution in [0.15, 0.2) is 0 Å². The molecule has 1 fully saturated rings. The number of hydrogen-bond donors (Lipinski definition) is 1. The molecule has 1 N–H and O–H groups in total. The van der Waals surface area contributed by atoms with Gasteiger partial charge in [-0.2, -0.15) is 0 Å². The molecular weight excluding hydrogens is 224 g/mol.